The fraction of sp³-hybridized carbons (Fsp3) is 0.0909. The lowest BCUT2D eigenvalue weighted by atomic mass is 10.3. The summed E-state index contributed by atoms with van der Waals surface area (Å²) in [6.45, 7) is 3.83. The van der Waals surface area contributed by atoms with Crippen molar-refractivity contribution >= 4 is 17.4 Å². The lowest BCUT2D eigenvalue weighted by Gasteiger charge is -2.10. The van der Waals surface area contributed by atoms with Crippen LogP contribution in [-0.4, -0.2) is 26.0 Å². The van der Waals surface area contributed by atoms with Crippen LogP contribution in [0.1, 0.15) is 11.4 Å². The Balaban J connectivity index is 1.37. The third kappa shape index (κ3) is 4.86. The van der Waals surface area contributed by atoms with E-state index in [1.54, 1.807) is 41.1 Å². The molecule has 4 aromatic rings. The number of benzene rings is 2. The number of ether oxygens (including phenoxy) is 1. The second kappa shape index (κ2) is 8.80. The van der Waals surface area contributed by atoms with Crippen LogP contribution < -0.4 is 15.4 Å². The molecule has 0 atom stereocenters. The van der Waals surface area contributed by atoms with Crippen molar-refractivity contribution < 1.29 is 18.3 Å². The Morgan fingerprint density at radius 1 is 0.938 bits per heavy atom. The Morgan fingerprint density at radius 2 is 1.72 bits per heavy atom. The van der Waals surface area contributed by atoms with Gasteiger partial charge in [0.05, 0.1) is 11.4 Å². The predicted octanol–water partition coefficient (Wildman–Crippen LogP) is 4.99. The van der Waals surface area contributed by atoms with E-state index in [-0.39, 0.29) is 11.6 Å². The SMILES string of the molecule is Cc1cc(C)n(-c2ccc(Oc3ccc(NC(=O)Nc4cc(F)ccc4F)cc3)nn2)n1. The fourth-order valence-electron chi connectivity index (χ4n) is 2.95. The molecule has 2 amide bonds. The number of nitrogens with one attached hydrogen (secondary N) is 2. The molecule has 0 aliphatic rings. The molecule has 4 rings (SSSR count). The van der Waals surface area contributed by atoms with Crippen LogP contribution in [0, 0.1) is 25.5 Å². The largest absolute Gasteiger partial charge is 0.438 e. The minimum absolute atomic E-state index is 0.259. The number of amides is 2. The molecule has 0 radical (unpaired) electrons. The molecule has 10 heteroatoms. The molecule has 2 aromatic heterocycles. The van der Waals surface area contributed by atoms with E-state index in [9.17, 15) is 13.6 Å². The van der Waals surface area contributed by atoms with E-state index in [0.717, 1.165) is 29.6 Å². The highest BCUT2D eigenvalue weighted by atomic mass is 19.1. The lowest BCUT2D eigenvalue weighted by molar-refractivity contribution is 0.262. The highest BCUT2D eigenvalue weighted by molar-refractivity contribution is 5.99. The number of nitrogens with zero attached hydrogens (tertiary/aromatic N) is 4. The molecular formula is C22H18F2N6O2. The van der Waals surface area contributed by atoms with Gasteiger partial charge in [-0.25, -0.2) is 18.3 Å². The van der Waals surface area contributed by atoms with Crippen molar-refractivity contribution in [1.29, 1.82) is 0 Å². The average molecular weight is 436 g/mol. The number of carbonyl (C=O) groups is 1. The quantitative estimate of drug-likeness (QED) is 0.460. The predicted molar refractivity (Wildman–Crippen MR) is 114 cm³/mol. The first-order chi connectivity index (χ1) is 15.4. The average Bonchev–Trinajstić information content (AvgIpc) is 3.10. The second-order valence-electron chi connectivity index (χ2n) is 6.90. The van der Waals surface area contributed by atoms with E-state index in [0.29, 0.717) is 17.3 Å². The number of halogens is 2. The first-order valence-electron chi connectivity index (χ1n) is 9.56. The molecule has 0 bridgehead atoms. The van der Waals surface area contributed by atoms with Crippen molar-refractivity contribution in [2.24, 2.45) is 0 Å². The highest BCUT2D eigenvalue weighted by Crippen LogP contribution is 2.22. The second-order valence-corrected chi connectivity index (χ2v) is 6.90. The number of aryl methyl sites for hydroxylation is 2. The minimum atomic E-state index is -0.740. The van der Waals surface area contributed by atoms with Crippen LogP contribution >= 0.6 is 0 Å². The standard InChI is InChI=1S/C22H18F2N6O2/c1-13-11-14(2)30(29-13)20-9-10-21(28-27-20)32-17-6-4-16(5-7-17)25-22(31)26-19-12-15(23)3-8-18(19)24/h3-12H,1-2H3,(H2,25,26,31). The summed E-state index contributed by atoms with van der Waals surface area (Å²) < 4.78 is 34.2. The van der Waals surface area contributed by atoms with Crippen LogP contribution in [0.25, 0.3) is 5.82 Å². The molecule has 0 aliphatic carbocycles. The van der Waals surface area contributed by atoms with Gasteiger partial charge in [-0.15, -0.1) is 10.2 Å². The lowest BCUT2D eigenvalue weighted by Crippen LogP contribution is -2.20. The summed E-state index contributed by atoms with van der Waals surface area (Å²) in [5.41, 5.74) is 1.99. The van der Waals surface area contributed by atoms with Gasteiger partial charge in [-0.3, -0.25) is 0 Å². The maximum atomic E-state index is 13.6. The summed E-state index contributed by atoms with van der Waals surface area (Å²) in [5, 5.41) is 17.3. The van der Waals surface area contributed by atoms with Crippen molar-refractivity contribution in [3.63, 3.8) is 0 Å². The van der Waals surface area contributed by atoms with Crippen LogP contribution in [0.2, 0.25) is 0 Å². The van der Waals surface area contributed by atoms with Crippen molar-refractivity contribution in [3.8, 4) is 17.4 Å². The number of anilines is 2. The van der Waals surface area contributed by atoms with E-state index in [1.165, 1.54) is 0 Å². The van der Waals surface area contributed by atoms with Gasteiger partial charge < -0.3 is 15.4 Å². The van der Waals surface area contributed by atoms with Gasteiger partial charge in [-0.05, 0) is 62.4 Å². The topological polar surface area (TPSA) is 94.0 Å². The molecule has 0 aliphatic heterocycles. The Kier molecular flexibility index (Phi) is 5.75. The smallest absolute Gasteiger partial charge is 0.323 e. The first-order valence-corrected chi connectivity index (χ1v) is 9.56. The van der Waals surface area contributed by atoms with Gasteiger partial charge in [0.25, 0.3) is 0 Å². The van der Waals surface area contributed by atoms with Gasteiger partial charge in [-0.2, -0.15) is 5.10 Å². The summed E-state index contributed by atoms with van der Waals surface area (Å²) in [4.78, 5) is 12.0. The van der Waals surface area contributed by atoms with Crippen LogP contribution in [0.5, 0.6) is 11.6 Å². The molecule has 2 heterocycles. The van der Waals surface area contributed by atoms with Gasteiger partial charge in [0.2, 0.25) is 5.88 Å². The van der Waals surface area contributed by atoms with Crippen molar-refractivity contribution in [1.82, 2.24) is 20.0 Å². The molecule has 32 heavy (non-hydrogen) atoms. The van der Waals surface area contributed by atoms with Gasteiger partial charge >= 0.3 is 6.03 Å². The summed E-state index contributed by atoms with van der Waals surface area (Å²) in [5.74, 6) is -0.0664. The van der Waals surface area contributed by atoms with Crippen LogP contribution in [-0.2, 0) is 0 Å². The number of hydrogen-bond acceptors (Lipinski definition) is 5. The summed E-state index contributed by atoms with van der Waals surface area (Å²) >= 11 is 0. The zero-order valence-corrected chi connectivity index (χ0v) is 17.1. The molecule has 0 spiro atoms. The molecule has 162 valence electrons. The van der Waals surface area contributed by atoms with Crippen molar-refractivity contribution in [2.45, 2.75) is 13.8 Å². The van der Waals surface area contributed by atoms with Crippen LogP contribution in [0.4, 0.5) is 25.0 Å². The Morgan fingerprint density at radius 3 is 2.38 bits per heavy atom. The van der Waals surface area contributed by atoms with Crippen molar-refractivity contribution in [3.05, 3.63) is 83.7 Å². The number of rotatable bonds is 5. The summed E-state index contributed by atoms with van der Waals surface area (Å²) in [7, 11) is 0. The van der Waals surface area contributed by atoms with Crippen molar-refractivity contribution in [2.75, 3.05) is 10.6 Å². The molecule has 2 aromatic carbocycles. The van der Waals surface area contributed by atoms with Gasteiger partial charge in [0.1, 0.15) is 17.4 Å². The van der Waals surface area contributed by atoms with E-state index in [1.807, 2.05) is 19.9 Å². The maximum Gasteiger partial charge on any atom is 0.323 e. The van der Waals surface area contributed by atoms with Crippen LogP contribution in [0.3, 0.4) is 0 Å². The van der Waals surface area contributed by atoms with E-state index < -0.39 is 17.7 Å². The van der Waals surface area contributed by atoms with Gasteiger partial charge in [0.15, 0.2) is 5.82 Å². The molecule has 8 nitrogen and oxygen atoms in total. The van der Waals surface area contributed by atoms with E-state index >= 15 is 0 Å². The summed E-state index contributed by atoms with van der Waals surface area (Å²) in [6, 6.07) is 13.9. The van der Waals surface area contributed by atoms with Crippen LogP contribution in [0.15, 0.2) is 60.7 Å². The monoisotopic (exact) mass is 436 g/mol. The molecule has 0 saturated heterocycles. The number of aromatic nitrogens is 4. The molecule has 0 saturated carbocycles. The highest BCUT2D eigenvalue weighted by Gasteiger charge is 2.10. The Bertz CT molecular complexity index is 1260. The zero-order chi connectivity index (χ0) is 22.7. The Labute approximate surface area is 181 Å². The third-order valence-electron chi connectivity index (χ3n) is 4.36. The van der Waals surface area contributed by atoms with E-state index in [2.05, 4.69) is 25.9 Å². The zero-order valence-electron chi connectivity index (χ0n) is 17.1. The molecular weight excluding hydrogens is 418 g/mol. The number of carbonyl (C=O) groups excluding carboxylic acids is 1. The summed E-state index contributed by atoms with van der Waals surface area (Å²) in [6.07, 6.45) is 0. The number of urea groups is 1. The fourth-order valence-corrected chi connectivity index (χ4v) is 2.95. The van der Waals surface area contributed by atoms with E-state index in [4.69, 9.17) is 4.74 Å². The van der Waals surface area contributed by atoms with Gasteiger partial charge in [-0.1, -0.05) is 0 Å². The Hall–Kier alpha value is -4.34. The number of hydrogen-bond donors (Lipinski definition) is 2. The molecule has 0 unspecified atom stereocenters. The molecule has 2 N–H and O–H groups in total. The third-order valence-corrected chi connectivity index (χ3v) is 4.36. The first kappa shape index (κ1) is 20.9. The maximum absolute atomic E-state index is 13.6. The minimum Gasteiger partial charge on any atom is -0.438 e. The molecule has 0 fully saturated rings. The normalized spacial score (nSPS) is 10.6. The van der Waals surface area contributed by atoms with Gasteiger partial charge in [0, 0.05) is 23.5 Å².